The summed E-state index contributed by atoms with van der Waals surface area (Å²) in [6.45, 7) is 25.5. The van der Waals surface area contributed by atoms with Crippen LogP contribution in [0.25, 0.3) is 11.3 Å². The van der Waals surface area contributed by atoms with Crippen molar-refractivity contribution < 1.29 is 57.7 Å². The van der Waals surface area contributed by atoms with Crippen LogP contribution in [0.2, 0.25) is 0 Å². The number of hydrogen-bond acceptors (Lipinski definition) is 19. The van der Waals surface area contributed by atoms with Gasteiger partial charge in [-0.2, -0.15) is 19.2 Å². The van der Waals surface area contributed by atoms with Gasteiger partial charge in [-0.25, -0.2) is 24.4 Å². The molecule has 5 fully saturated rings. The van der Waals surface area contributed by atoms with Crippen molar-refractivity contribution >= 4 is 70.8 Å². The lowest BCUT2D eigenvalue weighted by atomic mass is 9.97. The number of carboxylic acids is 1. The van der Waals surface area contributed by atoms with Crippen LogP contribution in [0.4, 0.5) is 26.0 Å². The van der Waals surface area contributed by atoms with Gasteiger partial charge in [-0.15, -0.1) is 0 Å². The van der Waals surface area contributed by atoms with Gasteiger partial charge in [0.05, 0.1) is 53.4 Å². The van der Waals surface area contributed by atoms with E-state index in [4.69, 9.17) is 29.3 Å². The molecule has 7 amide bonds. The number of rotatable bonds is 7. The quantitative estimate of drug-likeness (QED) is 0.224. The Morgan fingerprint density at radius 1 is 0.457 bits per heavy atom. The number of fused-ring (bicyclic) bond motifs is 4. The third-order valence-corrected chi connectivity index (χ3v) is 16.1. The van der Waals surface area contributed by atoms with Crippen LogP contribution in [0.5, 0.6) is 0 Å². The Bertz CT molecular complexity index is 3280. The molecule has 0 saturated carbocycles. The fourth-order valence-corrected chi connectivity index (χ4v) is 11.0. The molecule has 4 aromatic rings. The van der Waals surface area contributed by atoms with E-state index in [1.54, 1.807) is 105 Å². The Balaban J connectivity index is 0.000000172. The molecule has 11 rings (SSSR count). The molecule has 11 heterocycles. The predicted molar refractivity (Wildman–Crippen MR) is 344 cm³/mol. The van der Waals surface area contributed by atoms with Gasteiger partial charge in [0.15, 0.2) is 11.3 Å². The molecule has 0 aliphatic carbocycles. The molecule has 0 spiro atoms. The molecule has 7 aliphatic rings. The van der Waals surface area contributed by atoms with E-state index in [-0.39, 0.29) is 72.6 Å². The molecule has 0 bridgehead atoms. The van der Waals surface area contributed by atoms with Crippen LogP contribution >= 0.6 is 0 Å². The topological polar surface area (TPSA) is 298 Å². The highest BCUT2D eigenvalue weighted by molar-refractivity contribution is 5.84. The maximum absolute atomic E-state index is 12.6. The third kappa shape index (κ3) is 18.4. The fourth-order valence-electron chi connectivity index (χ4n) is 11.0. The van der Waals surface area contributed by atoms with Gasteiger partial charge in [-0.05, 0) is 81.7 Å². The number of carboxylic acid groups (broad SMARTS) is 1. The van der Waals surface area contributed by atoms with Gasteiger partial charge in [0, 0.05) is 178 Å². The van der Waals surface area contributed by atoms with Crippen molar-refractivity contribution in [3.05, 3.63) is 47.0 Å². The monoisotopic (exact) mass is 1290 g/mol. The Labute approximate surface area is 540 Å². The summed E-state index contributed by atoms with van der Waals surface area (Å²) in [5, 5.41) is 24.0. The molecule has 4 aromatic heterocycles. The molecule has 92 heavy (non-hydrogen) atoms. The van der Waals surface area contributed by atoms with Crippen LogP contribution in [-0.4, -0.2) is 281 Å². The van der Waals surface area contributed by atoms with Crippen molar-refractivity contribution in [1.29, 1.82) is 0 Å². The molecule has 0 radical (unpaired) electrons. The first kappa shape index (κ1) is 71.4. The predicted octanol–water partition coefficient (Wildman–Crippen LogP) is 2.70. The van der Waals surface area contributed by atoms with E-state index in [0.717, 1.165) is 86.3 Å². The van der Waals surface area contributed by atoms with Gasteiger partial charge in [0.1, 0.15) is 28.4 Å². The number of hydrogen-bond donors (Lipinski definition) is 3. The maximum Gasteiger partial charge on any atom is 0.410 e. The van der Waals surface area contributed by atoms with Crippen LogP contribution in [0.3, 0.4) is 0 Å². The highest BCUT2D eigenvalue weighted by atomic mass is 16.6. The van der Waals surface area contributed by atoms with E-state index in [1.807, 2.05) is 76.8 Å². The van der Waals surface area contributed by atoms with E-state index in [9.17, 15) is 38.4 Å². The van der Waals surface area contributed by atoms with Crippen molar-refractivity contribution in [2.45, 2.75) is 105 Å². The Morgan fingerprint density at radius 2 is 0.804 bits per heavy atom. The third-order valence-electron chi connectivity index (χ3n) is 16.1. The highest BCUT2D eigenvalue weighted by Crippen LogP contribution is 2.34. The zero-order chi connectivity index (χ0) is 67.9. The number of nitrogens with one attached hydrogen (secondary N) is 2. The molecule has 0 unspecified atom stereocenters. The van der Waals surface area contributed by atoms with Crippen molar-refractivity contribution in [3.63, 3.8) is 0 Å². The normalized spacial score (nSPS) is 17.7. The van der Waals surface area contributed by atoms with Crippen molar-refractivity contribution in [3.8, 4) is 0 Å². The number of likely N-dealkylation sites (tertiary alicyclic amines) is 2. The minimum absolute atomic E-state index is 0.00142. The van der Waals surface area contributed by atoms with E-state index < -0.39 is 34.8 Å². The minimum Gasteiger partial charge on any atom is -0.481 e. The van der Waals surface area contributed by atoms with Gasteiger partial charge in [0.25, 0.3) is 0 Å². The number of aromatic nitrogens is 6. The van der Waals surface area contributed by atoms with Crippen LogP contribution in [0, 0.1) is 29.6 Å². The zero-order valence-corrected chi connectivity index (χ0v) is 57.1. The first-order valence-electron chi connectivity index (χ1n) is 31.6. The second-order valence-electron chi connectivity index (χ2n) is 28.1. The molecule has 29 nitrogen and oxygen atoms in total. The molecule has 29 heteroatoms. The Hall–Kier alpha value is -8.08. The molecular formula is C63H99N17O12. The summed E-state index contributed by atoms with van der Waals surface area (Å²) in [4.78, 5) is 118. The Kier molecular flexibility index (Phi) is 23.0. The summed E-state index contributed by atoms with van der Waals surface area (Å²) in [5.41, 5.74) is 4.70. The van der Waals surface area contributed by atoms with Crippen LogP contribution < -0.4 is 20.4 Å². The number of ether oxygens (including phenoxy) is 3. The zero-order valence-electron chi connectivity index (χ0n) is 57.1. The summed E-state index contributed by atoms with van der Waals surface area (Å²) >= 11 is 0. The average Bonchev–Trinajstić information content (AvgIpc) is 1.42. The lowest BCUT2D eigenvalue weighted by Gasteiger charge is -2.41. The van der Waals surface area contributed by atoms with E-state index in [2.05, 4.69) is 30.6 Å². The number of amides is 7. The first-order chi connectivity index (χ1) is 43.0. The SMILES string of the molecule is CC(C)(C)OC(=O)N1CC(C(=O)O)C1.CN(C)C(=O)C1CN(C(=O)OC(C)(C)C)C1.CN(C)C(=O)C1CN(c2c3c(nc4ccnn24)CCN(C(=O)OC(C)(C)C)CC3)C1.CN(C)C(=O)C1CN(c2c3c(nc4ccnn24)CCNCC3)C1.CN(C)C(=O)C1CNC1. The number of carbonyl (C=O) groups excluding carboxylic acids is 7. The molecule has 5 saturated heterocycles. The summed E-state index contributed by atoms with van der Waals surface area (Å²) in [6.07, 6.45) is 5.72. The van der Waals surface area contributed by atoms with E-state index in [1.165, 1.54) is 16.2 Å². The number of nitrogens with zero attached hydrogens (tertiary/aromatic N) is 15. The summed E-state index contributed by atoms with van der Waals surface area (Å²) in [5.74, 6) is 1.78. The maximum atomic E-state index is 12.6. The van der Waals surface area contributed by atoms with Gasteiger partial charge in [0.2, 0.25) is 23.6 Å². The number of aliphatic carboxylic acids is 1. The number of carbonyl (C=O) groups is 8. The van der Waals surface area contributed by atoms with Crippen molar-refractivity contribution in [2.75, 3.05) is 158 Å². The average molecular weight is 1290 g/mol. The molecule has 508 valence electrons. The van der Waals surface area contributed by atoms with Gasteiger partial charge in [-0.3, -0.25) is 24.0 Å². The number of anilines is 2. The highest BCUT2D eigenvalue weighted by Gasteiger charge is 2.42. The van der Waals surface area contributed by atoms with Crippen LogP contribution in [0.15, 0.2) is 24.5 Å². The second-order valence-corrected chi connectivity index (χ2v) is 28.1. The van der Waals surface area contributed by atoms with Gasteiger partial charge in [-0.1, -0.05) is 0 Å². The van der Waals surface area contributed by atoms with E-state index in [0.29, 0.717) is 52.1 Å². The summed E-state index contributed by atoms with van der Waals surface area (Å²) in [6, 6.07) is 3.84. The minimum atomic E-state index is -0.857. The molecule has 3 N–H and O–H groups in total. The molecule has 0 aromatic carbocycles. The first-order valence-corrected chi connectivity index (χ1v) is 31.6. The van der Waals surface area contributed by atoms with Crippen LogP contribution in [-0.2, 0) is 63.9 Å². The fraction of sp³-hybridized carbons (Fsp3) is 0.683. The lowest BCUT2D eigenvalue weighted by Crippen LogP contribution is -2.56. The van der Waals surface area contributed by atoms with Crippen molar-refractivity contribution in [1.82, 2.24) is 74.1 Å². The summed E-state index contributed by atoms with van der Waals surface area (Å²) in [7, 11) is 14.3. The molecular weight excluding hydrogens is 1190 g/mol. The van der Waals surface area contributed by atoms with Gasteiger partial charge < -0.3 is 74.0 Å². The van der Waals surface area contributed by atoms with E-state index >= 15 is 0 Å². The molecule has 7 aliphatic heterocycles. The second kappa shape index (κ2) is 29.7. The largest absolute Gasteiger partial charge is 0.481 e. The standard InChI is InChI=1S/C21H30N6O3.C16H22N6O.C11H20N2O3.C9H15NO4.C6H12N2O/c1-21(2,3)30-20(29)25-10-7-15-16(8-11-25)23-17-6-9-22-27(17)18(15)26-12-14(13-26)19(28)24(4)5;1-20(2)16(23)11-9-21(10-11)15-12-3-6-17-7-4-13(12)19-14-5-8-18-22(14)15;1-11(2,3)16-10(15)13-6-8(7-13)9(14)12(4)5;1-9(2,3)14-8(13)10-4-6(5-10)7(11)12;1-8(2)6(9)5-3-7-4-5/h6,9,14H,7-8,10-13H2,1-5H3;5,8,11,17H,3-4,6-7,9-10H2,1-2H3;8H,6-7H2,1-5H3;6H,4-5H2,1-3H3,(H,11,12);5,7H,3-4H2,1-2H3. The lowest BCUT2D eigenvalue weighted by molar-refractivity contribution is -0.147. The van der Waals surface area contributed by atoms with Crippen LogP contribution in [0.1, 0.15) is 84.8 Å². The van der Waals surface area contributed by atoms with Gasteiger partial charge >= 0.3 is 24.2 Å². The summed E-state index contributed by atoms with van der Waals surface area (Å²) < 4.78 is 19.6. The smallest absolute Gasteiger partial charge is 0.410 e. The molecule has 0 atom stereocenters. The Morgan fingerprint density at radius 3 is 1.17 bits per heavy atom. The van der Waals surface area contributed by atoms with Crippen molar-refractivity contribution in [2.24, 2.45) is 29.6 Å².